The molecule has 6 nitrogen and oxygen atoms in total. The third kappa shape index (κ3) is 2.58. The first-order valence-corrected chi connectivity index (χ1v) is 5.73. The largest absolute Gasteiger partial charge is 0.490 e. The maximum absolute atomic E-state index is 9.21. The Bertz CT molecular complexity index is 380. The van der Waals surface area contributed by atoms with Gasteiger partial charge in [-0.25, -0.2) is 9.97 Å². The van der Waals surface area contributed by atoms with Gasteiger partial charge < -0.3 is 20.5 Å². The van der Waals surface area contributed by atoms with Gasteiger partial charge in [-0.05, 0) is 18.8 Å². The van der Waals surface area contributed by atoms with Gasteiger partial charge in [-0.2, -0.15) is 0 Å². The van der Waals surface area contributed by atoms with Crippen LogP contribution >= 0.6 is 0 Å². The van der Waals surface area contributed by atoms with Crippen LogP contribution in [0, 0.1) is 5.92 Å². The Morgan fingerprint density at radius 1 is 1.41 bits per heavy atom. The molecule has 2 rings (SSSR count). The summed E-state index contributed by atoms with van der Waals surface area (Å²) in [5, 5.41) is 15.4. The van der Waals surface area contributed by atoms with Gasteiger partial charge >= 0.3 is 0 Å². The Kier molecular flexibility index (Phi) is 3.63. The van der Waals surface area contributed by atoms with E-state index in [1.807, 2.05) is 0 Å². The van der Waals surface area contributed by atoms with Crippen LogP contribution in [-0.4, -0.2) is 41.9 Å². The van der Waals surface area contributed by atoms with Crippen molar-refractivity contribution in [2.75, 3.05) is 31.3 Å². The number of methoxy groups -OCH3 is 1. The summed E-state index contributed by atoms with van der Waals surface area (Å²) in [6, 6.07) is 0. The molecular weight excluding hydrogens is 220 g/mol. The number of aliphatic hydroxyl groups is 1. The van der Waals surface area contributed by atoms with E-state index in [-0.39, 0.29) is 6.10 Å². The highest BCUT2D eigenvalue weighted by Crippen LogP contribution is 2.31. The molecule has 1 aliphatic rings. The molecule has 0 bridgehead atoms. The van der Waals surface area contributed by atoms with Crippen LogP contribution in [-0.2, 0) is 0 Å². The fourth-order valence-electron chi connectivity index (χ4n) is 1.98. The number of rotatable bonds is 5. The van der Waals surface area contributed by atoms with Crippen LogP contribution in [0.25, 0.3) is 0 Å². The zero-order valence-corrected chi connectivity index (χ0v) is 10.1. The lowest BCUT2D eigenvalue weighted by molar-refractivity contribution is 0.0486. The van der Waals surface area contributed by atoms with Crippen LogP contribution in [0.3, 0.4) is 0 Å². The highest BCUT2D eigenvalue weighted by molar-refractivity contribution is 5.63. The van der Waals surface area contributed by atoms with Gasteiger partial charge in [-0.3, -0.25) is 0 Å². The lowest BCUT2D eigenvalue weighted by Gasteiger charge is -2.31. The monoisotopic (exact) mass is 238 g/mol. The number of ether oxygens (including phenoxy) is 1. The van der Waals surface area contributed by atoms with Crippen LogP contribution in [0.1, 0.15) is 12.8 Å². The van der Waals surface area contributed by atoms with E-state index in [0.717, 1.165) is 19.4 Å². The number of nitrogens with zero attached hydrogens (tertiary/aromatic N) is 2. The maximum atomic E-state index is 9.21. The second-order valence-electron chi connectivity index (χ2n) is 4.23. The summed E-state index contributed by atoms with van der Waals surface area (Å²) >= 11 is 0. The zero-order chi connectivity index (χ0) is 12.3. The average Bonchev–Trinajstić information content (AvgIpc) is 2.32. The highest BCUT2D eigenvalue weighted by atomic mass is 16.5. The summed E-state index contributed by atoms with van der Waals surface area (Å²) < 4.78 is 5.27. The fraction of sp³-hybridized carbons (Fsp3) is 0.636. The molecule has 0 radical (unpaired) electrons. The summed E-state index contributed by atoms with van der Waals surface area (Å²) in [7, 11) is 3.38. The van der Waals surface area contributed by atoms with E-state index in [9.17, 15) is 5.11 Å². The molecule has 0 saturated heterocycles. The minimum Gasteiger partial charge on any atom is -0.490 e. The predicted molar refractivity (Wildman–Crippen MR) is 65.4 cm³/mol. The first-order valence-electron chi connectivity index (χ1n) is 5.73. The van der Waals surface area contributed by atoms with Crippen molar-refractivity contribution >= 4 is 11.6 Å². The molecule has 0 atom stereocenters. The molecule has 0 aromatic carbocycles. The second-order valence-corrected chi connectivity index (χ2v) is 4.23. The molecule has 1 aromatic rings. The van der Waals surface area contributed by atoms with Crippen LogP contribution in [0.15, 0.2) is 6.33 Å². The number of hydrogen-bond acceptors (Lipinski definition) is 6. The highest BCUT2D eigenvalue weighted by Gasteiger charge is 2.27. The normalized spacial score (nSPS) is 22.8. The van der Waals surface area contributed by atoms with Crippen molar-refractivity contribution in [3.63, 3.8) is 0 Å². The molecule has 1 saturated carbocycles. The van der Waals surface area contributed by atoms with Crippen molar-refractivity contribution in [3.8, 4) is 5.75 Å². The van der Waals surface area contributed by atoms with Gasteiger partial charge in [0.05, 0.1) is 13.2 Å². The third-order valence-electron chi connectivity index (χ3n) is 3.01. The summed E-state index contributed by atoms with van der Waals surface area (Å²) in [6.07, 6.45) is 3.09. The standard InChI is InChI=1S/C11H18N4O2/c1-12-10-9(17-2)11(15-6-14-10)13-5-7-3-8(16)4-7/h6-8,16H,3-5H2,1-2H3,(H2,12,13,14,15). The van der Waals surface area contributed by atoms with E-state index in [0.29, 0.717) is 23.3 Å². The third-order valence-corrected chi connectivity index (χ3v) is 3.01. The van der Waals surface area contributed by atoms with Gasteiger partial charge in [0.15, 0.2) is 11.6 Å². The van der Waals surface area contributed by atoms with Crippen molar-refractivity contribution < 1.29 is 9.84 Å². The smallest absolute Gasteiger partial charge is 0.204 e. The van der Waals surface area contributed by atoms with Crippen LogP contribution in [0.4, 0.5) is 11.6 Å². The zero-order valence-electron chi connectivity index (χ0n) is 10.1. The molecule has 1 fully saturated rings. The molecule has 1 aliphatic carbocycles. The Morgan fingerprint density at radius 3 is 2.71 bits per heavy atom. The van der Waals surface area contributed by atoms with Gasteiger partial charge in [0.1, 0.15) is 6.33 Å². The first kappa shape index (κ1) is 11.9. The van der Waals surface area contributed by atoms with E-state index in [2.05, 4.69) is 20.6 Å². The van der Waals surface area contributed by atoms with Gasteiger partial charge in [-0.15, -0.1) is 0 Å². The van der Waals surface area contributed by atoms with E-state index >= 15 is 0 Å². The number of nitrogens with one attached hydrogen (secondary N) is 2. The van der Waals surface area contributed by atoms with Crippen LogP contribution in [0.2, 0.25) is 0 Å². The van der Waals surface area contributed by atoms with E-state index < -0.39 is 0 Å². The molecule has 0 unspecified atom stereocenters. The Morgan fingerprint density at radius 2 is 2.12 bits per heavy atom. The number of anilines is 2. The second kappa shape index (κ2) is 5.18. The number of aromatic nitrogens is 2. The quantitative estimate of drug-likeness (QED) is 0.701. The molecule has 1 aromatic heterocycles. The molecule has 0 amide bonds. The van der Waals surface area contributed by atoms with Crippen molar-refractivity contribution in [1.82, 2.24) is 9.97 Å². The molecule has 1 heterocycles. The lowest BCUT2D eigenvalue weighted by Crippen LogP contribution is -2.33. The van der Waals surface area contributed by atoms with Gasteiger partial charge in [-0.1, -0.05) is 0 Å². The molecule has 0 aliphatic heterocycles. The maximum Gasteiger partial charge on any atom is 0.204 e. The molecule has 0 spiro atoms. The first-order chi connectivity index (χ1) is 8.24. The number of hydrogen-bond donors (Lipinski definition) is 3. The topological polar surface area (TPSA) is 79.3 Å². The Hall–Kier alpha value is -1.56. The number of aliphatic hydroxyl groups excluding tert-OH is 1. The van der Waals surface area contributed by atoms with Crippen molar-refractivity contribution in [1.29, 1.82) is 0 Å². The summed E-state index contributed by atoms with van der Waals surface area (Å²) in [6.45, 7) is 0.799. The minimum absolute atomic E-state index is 0.123. The molecule has 17 heavy (non-hydrogen) atoms. The molecule has 3 N–H and O–H groups in total. The summed E-state index contributed by atoms with van der Waals surface area (Å²) in [5.41, 5.74) is 0. The average molecular weight is 238 g/mol. The predicted octanol–water partition coefficient (Wildman–Crippen LogP) is 0.710. The van der Waals surface area contributed by atoms with Crippen molar-refractivity contribution in [2.24, 2.45) is 5.92 Å². The van der Waals surface area contributed by atoms with Gasteiger partial charge in [0.25, 0.3) is 0 Å². The van der Waals surface area contributed by atoms with Gasteiger partial charge in [0.2, 0.25) is 5.75 Å². The SMILES string of the molecule is CNc1ncnc(NCC2CC(O)C2)c1OC. The molecular formula is C11H18N4O2. The van der Waals surface area contributed by atoms with E-state index in [1.165, 1.54) is 6.33 Å². The minimum atomic E-state index is -0.123. The Labute approximate surface area is 100 Å². The summed E-state index contributed by atoms with van der Waals surface area (Å²) in [4.78, 5) is 8.23. The van der Waals surface area contributed by atoms with Crippen molar-refractivity contribution in [3.05, 3.63) is 6.33 Å². The van der Waals surface area contributed by atoms with Crippen molar-refractivity contribution in [2.45, 2.75) is 18.9 Å². The van der Waals surface area contributed by atoms with Gasteiger partial charge in [0, 0.05) is 13.6 Å². The molecule has 6 heteroatoms. The van der Waals surface area contributed by atoms with E-state index in [4.69, 9.17) is 4.74 Å². The Balaban J connectivity index is 1.99. The molecule has 94 valence electrons. The van der Waals surface area contributed by atoms with Crippen LogP contribution < -0.4 is 15.4 Å². The summed E-state index contributed by atoms with van der Waals surface area (Å²) in [5.74, 6) is 2.49. The van der Waals surface area contributed by atoms with E-state index in [1.54, 1.807) is 14.2 Å². The fourth-order valence-corrected chi connectivity index (χ4v) is 1.98. The van der Waals surface area contributed by atoms with Crippen LogP contribution in [0.5, 0.6) is 5.75 Å². The lowest BCUT2D eigenvalue weighted by atomic mass is 9.82.